The van der Waals surface area contributed by atoms with Crippen LogP contribution in [0.1, 0.15) is 98.3 Å². The van der Waals surface area contributed by atoms with E-state index in [-0.39, 0.29) is 29.7 Å². The molecule has 6 heteroatoms. The Labute approximate surface area is 289 Å². The number of rotatable bonds is 9. The number of H-pyrrole nitrogens is 1. The predicted molar refractivity (Wildman–Crippen MR) is 197 cm³/mol. The highest BCUT2D eigenvalue weighted by molar-refractivity contribution is 5.96. The van der Waals surface area contributed by atoms with Gasteiger partial charge >= 0.3 is 5.97 Å². The first-order valence-corrected chi connectivity index (χ1v) is 17.9. The van der Waals surface area contributed by atoms with Gasteiger partial charge in [-0.25, -0.2) is 4.98 Å². The Morgan fingerprint density at radius 3 is 2.53 bits per heavy atom. The monoisotopic (exact) mass is 653 g/mol. The number of carbonyl (C=O) groups excluding carboxylic acids is 1. The number of carboxylic acid groups (broad SMARTS) is 1. The summed E-state index contributed by atoms with van der Waals surface area (Å²) in [5.41, 5.74) is 11.5. The summed E-state index contributed by atoms with van der Waals surface area (Å²) >= 11 is 0. The number of carboxylic acids is 1. The Morgan fingerprint density at radius 1 is 0.959 bits per heavy atom. The topological polar surface area (TPSA) is 95.1 Å². The SMILES string of the molecule is CC(C)c1ccc2c(c1)CC[C@H]1[C@@](C)(Cc3c(-c4cccc(C(=O)NCCC(=O)O)c4)ccc4[nH]c(-c5ccccc5)nc34)CCC[C@]21C. The zero-order valence-electron chi connectivity index (χ0n) is 29.1. The summed E-state index contributed by atoms with van der Waals surface area (Å²) in [6, 6.07) is 29.6. The van der Waals surface area contributed by atoms with E-state index in [1.807, 2.05) is 30.3 Å². The highest BCUT2D eigenvalue weighted by Gasteiger charge is 2.52. The van der Waals surface area contributed by atoms with Crippen LogP contribution in [0.15, 0.2) is 84.9 Å². The van der Waals surface area contributed by atoms with Gasteiger partial charge in [0.05, 0.1) is 17.5 Å². The molecule has 1 heterocycles. The lowest BCUT2D eigenvalue weighted by Gasteiger charge is -2.56. The molecule has 6 nitrogen and oxygen atoms in total. The number of nitrogens with zero attached hydrogens (tertiary/aromatic N) is 1. The Bertz CT molecular complexity index is 2030. The lowest BCUT2D eigenvalue weighted by Crippen LogP contribution is -2.50. The third-order valence-corrected chi connectivity index (χ3v) is 11.6. The Kier molecular flexibility index (Phi) is 8.68. The van der Waals surface area contributed by atoms with Gasteiger partial charge in [-0.3, -0.25) is 9.59 Å². The molecule has 1 saturated carbocycles. The van der Waals surface area contributed by atoms with Gasteiger partial charge in [-0.05, 0) is 106 Å². The molecule has 252 valence electrons. The van der Waals surface area contributed by atoms with Gasteiger partial charge in [-0.2, -0.15) is 0 Å². The molecule has 0 bridgehead atoms. The van der Waals surface area contributed by atoms with Crippen molar-refractivity contribution in [2.75, 3.05) is 6.54 Å². The van der Waals surface area contributed by atoms with Gasteiger partial charge in [0.1, 0.15) is 5.82 Å². The molecule has 0 saturated heterocycles. The number of benzene rings is 4. The Morgan fingerprint density at radius 2 is 1.76 bits per heavy atom. The van der Waals surface area contributed by atoms with E-state index in [9.17, 15) is 9.59 Å². The second-order valence-corrected chi connectivity index (χ2v) is 15.2. The molecule has 5 aromatic rings. The summed E-state index contributed by atoms with van der Waals surface area (Å²) < 4.78 is 0. The van der Waals surface area contributed by atoms with Crippen LogP contribution in [0.4, 0.5) is 0 Å². The van der Waals surface area contributed by atoms with Gasteiger partial charge < -0.3 is 15.4 Å². The molecule has 0 unspecified atom stereocenters. The number of nitrogens with one attached hydrogen (secondary N) is 2. The molecule has 7 rings (SSSR count). The normalized spacial score (nSPS) is 21.7. The average Bonchev–Trinajstić information content (AvgIpc) is 3.53. The Hall–Kier alpha value is -4.71. The maximum Gasteiger partial charge on any atom is 0.305 e. The van der Waals surface area contributed by atoms with Crippen LogP contribution in [0.3, 0.4) is 0 Å². The summed E-state index contributed by atoms with van der Waals surface area (Å²) in [6.07, 6.45) is 6.60. The van der Waals surface area contributed by atoms with Crippen LogP contribution in [-0.4, -0.2) is 33.5 Å². The lowest BCUT2D eigenvalue weighted by atomic mass is 9.48. The van der Waals surface area contributed by atoms with E-state index in [0.717, 1.165) is 52.8 Å². The minimum atomic E-state index is -0.935. The molecule has 3 N–H and O–H groups in total. The fraction of sp³-hybridized carbons (Fsp3) is 0.372. The number of hydrogen-bond donors (Lipinski definition) is 3. The summed E-state index contributed by atoms with van der Waals surface area (Å²) in [4.78, 5) is 33.0. The van der Waals surface area contributed by atoms with Crippen molar-refractivity contribution < 1.29 is 14.7 Å². The minimum Gasteiger partial charge on any atom is -0.481 e. The van der Waals surface area contributed by atoms with Gasteiger partial charge in [-0.1, -0.05) is 101 Å². The highest BCUT2D eigenvalue weighted by Crippen LogP contribution is 2.59. The molecule has 0 aliphatic heterocycles. The zero-order valence-corrected chi connectivity index (χ0v) is 29.1. The van der Waals surface area contributed by atoms with Crippen LogP contribution in [0.25, 0.3) is 33.5 Å². The van der Waals surface area contributed by atoms with Gasteiger partial charge in [0.15, 0.2) is 0 Å². The van der Waals surface area contributed by atoms with E-state index >= 15 is 0 Å². The molecule has 0 radical (unpaired) electrons. The number of fused-ring (bicyclic) bond motifs is 4. The molecule has 1 aromatic heterocycles. The molecule has 1 fully saturated rings. The number of imidazole rings is 1. The molecular weight excluding hydrogens is 606 g/mol. The van der Waals surface area contributed by atoms with Crippen LogP contribution < -0.4 is 5.32 Å². The molecule has 1 amide bonds. The summed E-state index contributed by atoms with van der Waals surface area (Å²) in [6.45, 7) is 9.70. The first kappa shape index (κ1) is 32.8. The second-order valence-electron chi connectivity index (χ2n) is 15.2. The standard InChI is InChI=1S/C43H47N3O3/c1-27(2)29-14-17-35-31(24-29)15-19-37-42(3,21-9-22-43(35,37)4)26-34-33(30-12-8-13-32(25-30)41(49)44-23-20-38(47)48)16-18-36-39(34)46-40(45-36)28-10-6-5-7-11-28/h5-8,10-14,16-18,24-25,27,37H,9,15,19-23,26H2,1-4H3,(H,44,49)(H,45,46)(H,47,48)/t37-,42+,43+/m0/s1. The van der Waals surface area contributed by atoms with Gasteiger partial charge in [-0.15, -0.1) is 0 Å². The van der Waals surface area contributed by atoms with Crippen molar-refractivity contribution in [1.82, 2.24) is 15.3 Å². The first-order valence-electron chi connectivity index (χ1n) is 17.9. The van der Waals surface area contributed by atoms with Crippen molar-refractivity contribution in [3.8, 4) is 22.5 Å². The van der Waals surface area contributed by atoms with Crippen LogP contribution >= 0.6 is 0 Å². The molecular formula is C43H47N3O3. The highest BCUT2D eigenvalue weighted by atomic mass is 16.4. The van der Waals surface area contributed by atoms with Gasteiger partial charge in [0.2, 0.25) is 0 Å². The van der Waals surface area contributed by atoms with Gasteiger partial charge in [0, 0.05) is 17.7 Å². The van der Waals surface area contributed by atoms with Crippen molar-refractivity contribution in [3.05, 3.63) is 113 Å². The number of carbonyl (C=O) groups is 2. The van der Waals surface area contributed by atoms with E-state index in [2.05, 4.69) is 86.5 Å². The third kappa shape index (κ3) is 6.18. The fourth-order valence-corrected chi connectivity index (χ4v) is 9.15. The van der Waals surface area contributed by atoms with Crippen molar-refractivity contribution in [2.45, 2.75) is 84.0 Å². The number of amides is 1. The fourth-order valence-electron chi connectivity index (χ4n) is 9.15. The molecule has 0 spiro atoms. The molecule has 2 aliphatic rings. The van der Waals surface area contributed by atoms with E-state index in [4.69, 9.17) is 10.1 Å². The van der Waals surface area contributed by atoms with Crippen LogP contribution in [0, 0.1) is 11.3 Å². The third-order valence-electron chi connectivity index (χ3n) is 11.6. The smallest absolute Gasteiger partial charge is 0.305 e. The summed E-state index contributed by atoms with van der Waals surface area (Å²) in [7, 11) is 0. The lowest BCUT2D eigenvalue weighted by molar-refractivity contribution is -0.136. The number of aryl methyl sites for hydroxylation is 1. The maximum absolute atomic E-state index is 13.1. The molecule has 4 aromatic carbocycles. The zero-order chi connectivity index (χ0) is 34.3. The van der Waals surface area contributed by atoms with E-state index in [0.29, 0.717) is 17.4 Å². The summed E-state index contributed by atoms with van der Waals surface area (Å²) in [5.74, 6) is 0.693. The van der Waals surface area contributed by atoms with E-state index in [1.165, 1.54) is 36.0 Å². The largest absolute Gasteiger partial charge is 0.481 e. The quantitative estimate of drug-likeness (QED) is 0.148. The van der Waals surface area contributed by atoms with Crippen LogP contribution in [0.2, 0.25) is 0 Å². The van der Waals surface area contributed by atoms with Crippen molar-refractivity contribution in [1.29, 1.82) is 0 Å². The van der Waals surface area contributed by atoms with E-state index < -0.39 is 5.97 Å². The minimum absolute atomic E-state index is 0.0438. The number of aromatic amines is 1. The predicted octanol–water partition coefficient (Wildman–Crippen LogP) is 9.48. The van der Waals surface area contributed by atoms with Crippen molar-refractivity contribution in [2.24, 2.45) is 11.3 Å². The number of hydrogen-bond acceptors (Lipinski definition) is 3. The second kappa shape index (κ2) is 13.0. The van der Waals surface area contributed by atoms with Crippen LogP contribution in [0.5, 0.6) is 0 Å². The average molecular weight is 654 g/mol. The maximum atomic E-state index is 13.1. The molecule has 49 heavy (non-hydrogen) atoms. The molecule has 3 atom stereocenters. The Balaban J connectivity index is 1.31. The van der Waals surface area contributed by atoms with Gasteiger partial charge in [0.25, 0.3) is 5.91 Å². The van der Waals surface area contributed by atoms with Crippen molar-refractivity contribution >= 4 is 22.9 Å². The van der Waals surface area contributed by atoms with Crippen molar-refractivity contribution in [3.63, 3.8) is 0 Å². The number of aliphatic carboxylic acids is 1. The summed E-state index contributed by atoms with van der Waals surface area (Å²) in [5, 5.41) is 11.8. The number of aromatic nitrogens is 2. The van der Waals surface area contributed by atoms with E-state index in [1.54, 1.807) is 11.6 Å². The van der Waals surface area contributed by atoms with Crippen LogP contribution in [-0.2, 0) is 23.1 Å². The molecule has 2 aliphatic carbocycles. The first-order chi connectivity index (χ1) is 23.6.